The molecule has 0 aliphatic rings. The summed E-state index contributed by atoms with van der Waals surface area (Å²) in [6.07, 6.45) is -9.81. The van der Waals surface area contributed by atoms with Gasteiger partial charge in [-0.3, -0.25) is 0 Å². The number of fused-ring (bicyclic) bond motifs is 3. The molecule has 0 saturated heterocycles. The maximum Gasteiger partial charge on any atom is 0.418 e. The van der Waals surface area contributed by atoms with Crippen LogP contribution in [0, 0.1) is 3.57 Å². The van der Waals surface area contributed by atoms with Crippen LogP contribution in [0.4, 0.5) is 26.3 Å². The Morgan fingerprint density at radius 2 is 1.57 bits per heavy atom. The van der Waals surface area contributed by atoms with E-state index in [1.807, 2.05) is 0 Å². The number of hydrogen-bond acceptors (Lipinski definition) is 2. The Kier molecular flexibility index (Phi) is 3.71. The fourth-order valence-corrected chi connectivity index (χ4v) is 4.84. The normalized spacial score (nSPS) is 13.2. The van der Waals surface area contributed by atoms with E-state index in [0.29, 0.717) is 16.0 Å². The Labute approximate surface area is 142 Å². The lowest BCUT2D eigenvalue weighted by Gasteiger charge is -2.16. The third kappa shape index (κ3) is 2.73. The standard InChI is InChI=1S/C14H5F6IOS/c15-13(16,17)8-4-7-6-2-1-5(22)3-9(6)23-12(7)10(11(8)21)14(18,19)20/h1-4,22H. The molecule has 2 aromatic carbocycles. The first kappa shape index (κ1) is 16.6. The summed E-state index contributed by atoms with van der Waals surface area (Å²) >= 11 is 1.80. The van der Waals surface area contributed by atoms with Crippen LogP contribution in [0.1, 0.15) is 11.1 Å². The van der Waals surface area contributed by atoms with E-state index in [2.05, 4.69) is 0 Å². The van der Waals surface area contributed by atoms with E-state index in [4.69, 9.17) is 0 Å². The van der Waals surface area contributed by atoms with Gasteiger partial charge < -0.3 is 5.11 Å². The van der Waals surface area contributed by atoms with Crippen molar-refractivity contribution in [3.8, 4) is 5.75 Å². The topological polar surface area (TPSA) is 20.2 Å². The highest BCUT2D eigenvalue weighted by atomic mass is 127. The van der Waals surface area contributed by atoms with Crippen LogP contribution in [0.25, 0.3) is 20.2 Å². The molecule has 3 rings (SSSR count). The molecule has 9 heteroatoms. The van der Waals surface area contributed by atoms with Crippen LogP contribution in [0.2, 0.25) is 0 Å². The Bertz CT molecular complexity index is 925. The lowest BCUT2D eigenvalue weighted by molar-refractivity contribution is -0.143. The van der Waals surface area contributed by atoms with E-state index in [0.717, 1.165) is 28.7 Å². The van der Waals surface area contributed by atoms with Crippen LogP contribution >= 0.6 is 33.9 Å². The van der Waals surface area contributed by atoms with E-state index in [1.165, 1.54) is 18.2 Å². The highest BCUT2D eigenvalue weighted by Crippen LogP contribution is 2.48. The van der Waals surface area contributed by atoms with Gasteiger partial charge in [0.1, 0.15) is 5.75 Å². The van der Waals surface area contributed by atoms with Crippen molar-refractivity contribution < 1.29 is 31.4 Å². The Balaban J connectivity index is 2.55. The average Bonchev–Trinajstić information content (AvgIpc) is 2.71. The van der Waals surface area contributed by atoms with E-state index >= 15 is 0 Å². The summed E-state index contributed by atoms with van der Waals surface area (Å²) in [4.78, 5) is 0. The van der Waals surface area contributed by atoms with Gasteiger partial charge >= 0.3 is 12.4 Å². The third-order valence-electron chi connectivity index (χ3n) is 3.27. The molecule has 0 atom stereocenters. The van der Waals surface area contributed by atoms with Gasteiger partial charge in [-0.1, -0.05) is 0 Å². The molecule has 0 amide bonds. The van der Waals surface area contributed by atoms with Crippen LogP contribution in [-0.4, -0.2) is 5.11 Å². The summed E-state index contributed by atoms with van der Waals surface area (Å²) in [5.74, 6) is -0.164. The maximum atomic E-state index is 13.3. The van der Waals surface area contributed by atoms with Crippen molar-refractivity contribution >= 4 is 54.1 Å². The molecule has 3 aromatic rings. The summed E-state index contributed by atoms with van der Waals surface area (Å²) in [6, 6.07) is 4.52. The second-order valence-corrected chi connectivity index (χ2v) is 6.90. The number of halogens is 7. The summed E-state index contributed by atoms with van der Waals surface area (Å²) in [5.41, 5.74) is -2.60. The molecule has 0 saturated carbocycles. The molecule has 0 aliphatic heterocycles. The minimum absolute atomic E-state index is 0.120. The highest BCUT2D eigenvalue weighted by Gasteiger charge is 2.42. The lowest BCUT2D eigenvalue weighted by Crippen LogP contribution is -2.14. The number of thiophene rings is 1. The molecule has 0 aliphatic carbocycles. The smallest absolute Gasteiger partial charge is 0.418 e. The number of rotatable bonds is 0. The first-order valence-corrected chi connectivity index (χ1v) is 7.92. The zero-order valence-corrected chi connectivity index (χ0v) is 13.8. The van der Waals surface area contributed by atoms with Crippen molar-refractivity contribution in [1.82, 2.24) is 0 Å². The number of phenolic OH excluding ortho intramolecular Hbond substituents is 1. The molecule has 0 fully saturated rings. The van der Waals surface area contributed by atoms with Gasteiger partial charge in [0.2, 0.25) is 0 Å². The first-order chi connectivity index (χ1) is 10.5. The minimum atomic E-state index is -4.92. The largest absolute Gasteiger partial charge is 0.508 e. The van der Waals surface area contributed by atoms with Crippen molar-refractivity contribution in [1.29, 1.82) is 0 Å². The van der Waals surface area contributed by atoms with E-state index in [9.17, 15) is 31.4 Å². The Hall–Kier alpha value is -1.23. The quantitative estimate of drug-likeness (QED) is 0.303. The average molecular weight is 462 g/mol. The van der Waals surface area contributed by atoms with Crippen molar-refractivity contribution in [3.63, 3.8) is 0 Å². The fraction of sp³-hybridized carbons (Fsp3) is 0.143. The van der Waals surface area contributed by atoms with E-state index in [1.54, 1.807) is 0 Å². The molecular formula is C14H5F6IOS. The van der Waals surface area contributed by atoms with Crippen molar-refractivity contribution in [2.24, 2.45) is 0 Å². The van der Waals surface area contributed by atoms with Crippen molar-refractivity contribution in [2.75, 3.05) is 0 Å². The van der Waals surface area contributed by atoms with Crippen LogP contribution in [0.15, 0.2) is 24.3 Å². The predicted octanol–water partition coefficient (Wildman–Crippen LogP) is 6.40. The molecular weight excluding hydrogens is 457 g/mol. The molecule has 1 N–H and O–H groups in total. The molecule has 0 radical (unpaired) electrons. The van der Waals surface area contributed by atoms with Gasteiger partial charge in [0.15, 0.2) is 0 Å². The summed E-state index contributed by atoms with van der Waals surface area (Å²) in [6.45, 7) is 0. The summed E-state index contributed by atoms with van der Waals surface area (Å²) in [7, 11) is 0. The van der Waals surface area contributed by atoms with Crippen LogP contribution < -0.4 is 0 Å². The van der Waals surface area contributed by atoms with Gasteiger partial charge in [-0.15, -0.1) is 11.3 Å². The number of aromatic hydroxyl groups is 1. The molecule has 23 heavy (non-hydrogen) atoms. The Morgan fingerprint density at radius 3 is 2.13 bits per heavy atom. The zero-order chi connectivity index (χ0) is 17.2. The molecule has 0 spiro atoms. The number of phenols is 1. The number of alkyl halides is 6. The number of benzene rings is 2. The first-order valence-electron chi connectivity index (χ1n) is 6.02. The van der Waals surface area contributed by atoms with Crippen molar-refractivity contribution in [3.05, 3.63) is 39.0 Å². The molecule has 1 heterocycles. The summed E-state index contributed by atoms with van der Waals surface area (Å²) < 4.78 is 78.5. The highest BCUT2D eigenvalue weighted by molar-refractivity contribution is 14.1. The molecule has 122 valence electrons. The van der Waals surface area contributed by atoms with Gasteiger partial charge in [-0.05, 0) is 46.9 Å². The second-order valence-electron chi connectivity index (χ2n) is 4.77. The Morgan fingerprint density at radius 1 is 0.913 bits per heavy atom. The zero-order valence-electron chi connectivity index (χ0n) is 10.8. The monoisotopic (exact) mass is 462 g/mol. The van der Waals surface area contributed by atoms with Crippen LogP contribution in [0.3, 0.4) is 0 Å². The second kappa shape index (κ2) is 5.13. The predicted molar refractivity (Wildman–Crippen MR) is 83.7 cm³/mol. The van der Waals surface area contributed by atoms with Crippen LogP contribution in [0.5, 0.6) is 5.75 Å². The lowest BCUT2D eigenvalue weighted by atomic mass is 10.0. The third-order valence-corrected chi connectivity index (χ3v) is 5.58. The summed E-state index contributed by atoms with van der Waals surface area (Å²) in [5, 5.41) is 9.55. The SMILES string of the molecule is Oc1ccc2c(c1)sc1c(C(F)(F)F)c(I)c(C(F)(F)F)cc12. The van der Waals surface area contributed by atoms with E-state index < -0.39 is 27.0 Å². The maximum absolute atomic E-state index is 13.3. The molecule has 0 unspecified atom stereocenters. The van der Waals surface area contributed by atoms with Gasteiger partial charge in [0.25, 0.3) is 0 Å². The van der Waals surface area contributed by atoms with Crippen LogP contribution in [-0.2, 0) is 12.4 Å². The van der Waals surface area contributed by atoms with Gasteiger partial charge in [0, 0.05) is 23.7 Å². The molecule has 1 nitrogen and oxygen atoms in total. The van der Waals surface area contributed by atoms with E-state index in [-0.39, 0.29) is 21.2 Å². The van der Waals surface area contributed by atoms with Gasteiger partial charge in [0.05, 0.1) is 11.1 Å². The van der Waals surface area contributed by atoms with Gasteiger partial charge in [-0.2, -0.15) is 26.3 Å². The van der Waals surface area contributed by atoms with Gasteiger partial charge in [-0.25, -0.2) is 0 Å². The van der Waals surface area contributed by atoms with Crippen molar-refractivity contribution in [2.45, 2.75) is 12.4 Å². The fourth-order valence-electron chi connectivity index (χ4n) is 2.34. The molecule has 1 aromatic heterocycles. The number of hydrogen-bond donors (Lipinski definition) is 1. The minimum Gasteiger partial charge on any atom is -0.508 e. The molecule has 0 bridgehead atoms.